The van der Waals surface area contributed by atoms with Gasteiger partial charge >= 0.3 is 0 Å². The molecule has 1 aromatic carbocycles. The molecule has 1 aromatic rings. The Bertz CT molecular complexity index is 690. The average molecular weight is 562 g/mol. The van der Waals surface area contributed by atoms with Gasteiger partial charge in [-0.15, -0.1) is 24.0 Å². The number of piperidine rings is 1. The Kier molecular flexibility index (Phi) is 12.5. The van der Waals surface area contributed by atoms with Gasteiger partial charge in [-0.25, -0.2) is 0 Å². The third-order valence-corrected chi connectivity index (χ3v) is 5.89. The van der Waals surface area contributed by atoms with Crippen molar-refractivity contribution in [2.24, 2.45) is 4.99 Å². The number of aliphatic imine (C=N–C) groups is 1. The lowest BCUT2D eigenvalue weighted by Gasteiger charge is -2.35. The molecule has 2 fully saturated rings. The minimum Gasteiger partial charge on any atom is -0.493 e. The number of rotatable bonds is 9. The molecule has 0 spiro atoms. The van der Waals surface area contributed by atoms with Gasteiger partial charge in [0.15, 0.2) is 17.5 Å². The van der Waals surface area contributed by atoms with E-state index in [-0.39, 0.29) is 30.1 Å². The maximum atomic E-state index is 6.14. The lowest BCUT2D eigenvalue weighted by Crippen LogP contribution is -2.47. The van der Waals surface area contributed by atoms with Crippen LogP contribution in [0.1, 0.15) is 51.0 Å². The summed E-state index contributed by atoms with van der Waals surface area (Å²) in [6.45, 7) is 6.98. The van der Waals surface area contributed by atoms with Gasteiger partial charge in [0, 0.05) is 33.3 Å². The van der Waals surface area contributed by atoms with Gasteiger partial charge < -0.3 is 29.2 Å². The van der Waals surface area contributed by atoms with Crippen molar-refractivity contribution in [2.75, 3.05) is 47.1 Å². The van der Waals surface area contributed by atoms with E-state index in [0.717, 1.165) is 75.0 Å². The molecule has 8 heteroatoms. The van der Waals surface area contributed by atoms with E-state index in [0.29, 0.717) is 19.3 Å². The van der Waals surface area contributed by atoms with Crippen molar-refractivity contribution in [3.8, 4) is 11.5 Å². The van der Waals surface area contributed by atoms with Gasteiger partial charge in [0.05, 0.1) is 32.5 Å². The minimum atomic E-state index is 0. The quantitative estimate of drug-likeness (QED) is 0.277. The van der Waals surface area contributed by atoms with Crippen molar-refractivity contribution in [2.45, 2.75) is 64.2 Å². The number of methoxy groups -OCH3 is 1. The molecule has 1 N–H and O–H groups in total. The standard InChI is InChI=1S/C24H39N3O4.HI/c1-4-14-30-22-9-8-19(16-23(22)28-3)17-26-24(25-2)27-12-10-20(11-13-27)31-18-21-7-5-6-15-29-21;/h8-9,16,20-21H,4-7,10-15,17-18H2,1-3H3,(H,25,26);1H. The molecule has 1 atom stereocenters. The van der Waals surface area contributed by atoms with Gasteiger partial charge in [-0.3, -0.25) is 4.99 Å². The van der Waals surface area contributed by atoms with Crippen LogP contribution < -0.4 is 14.8 Å². The second-order valence-electron chi connectivity index (χ2n) is 8.24. The number of nitrogens with one attached hydrogen (secondary N) is 1. The normalized spacial score (nSPS) is 19.9. The number of likely N-dealkylation sites (tertiary alicyclic amines) is 1. The summed E-state index contributed by atoms with van der Waals surface area (Å²) in [5.41, 5.74) is 1.13. The number of nitrogens with zero attached hydrogens (tertiary/aromatic N) is 2. The van der Waals surface area contributed by atoms with Crippen molar-refractivity contribution in [3.05, 3.63) is 23.8 Å². The molecular formula is C24H40IN3O4. The van der Waals surface area contributed by atoms with Crippen molar-refractivity contribution in [1.29, 1.82) is 0 Å². The topological polar surface area (TPSA) is 64.6 Å². The van der Waals surface area contributed by atoms with E-state index in [1.807, 2.05) is 19.2 Å². The monoisotopic (exact) mass is 561 g/mol. The highest BCUT2D eigenvalue weighted by Gasteiger charge is 2.23. The second-order valence-corrected chi connectivity index (χ2v) is 8.24. The third-order valence-electron chi connectivity index (χ3n) is 5.89. The number of hydrogen-bond donors (Lipinski definition) is 1. The first kappa shape index (κ1) is 27.0. The van der Waals surface area contributed by atoms with Crippen LogP contribution in [0.2, 0.25) is 0 Å². The summed E-state index contributed by atoms with van der Waals surface area (Å²) < 4.78 is 23.2. The van der Waals surface area contributed by atoms with Crippen molar-refractivity contribution >= 4 is 29.9 Å². The SMILES string of the molecule is CCCOc1ccc(CNC(=NC)N2CCC(OCC3CCCCO3)CC2)cc1OC.I. The van der Waals surface area contributed by atoms with E-state index in [1.165, 1.54) is 12.8 Å². The zero-order valence-electron chi connectivity index (χ0n) is 19.8. The first-order valence-electron chi connectivity index (χ1n) is 11.7. The van der Waals surface area contributed by atoms with Gasteiger partial charge in [0.25, 0.3) is 0 Å². The number of benzene rings is 1. The van der Waals surface area contributed by atoms with Crippen LogP contribution in [-0.4, -0.2) is 70.1 Å². The van der Waals surface area contributed by atoms with Crippen molar-refractivity contribution in [3.63, 3.8) is 0 Å². The van der Waals surface area contributed by atoms with Crippen LogP contribution >= 0.6 is 24.0 Å². The molecule has 32 heavy (non-hydrogen) atoms. The molecule has 2 saturated heterocycles. The lowest BCUT2D eigenvalue weighted by atomic mass is 10.1. The van der Waals surface area contributed by atoms with E-state index in [1.54, 1.807) is 7.11 Å². The Hall–Kier alpha value is -1.26. The molecule has 7 nitrogen and oxygen atoms in total. The summed E-state index contributed by atoms with van der Waals surface area (Å²) in [5.74, 6) is 2.49. The first-order chi connectivity index (χ1) is 15.2. The highest BCUT2D eigenvalue weighted by molar-refractivity contribution is 14.0. The van der Waals surface area contributed by atoms with Crippen LogP contribution in [0.3, 0.4) is 0 Å². The fraction of sp³-hybridized carbons (Fsp3) is 0.708. The number of halogens is 1. The van der Waals surface area contributed by atoms with E-state index in [9.17, 15) is 0 Å². The number of ether oxygens (including phenoxy) is 4. The van der Waals surface area contributed by atoms with Gasteiger partial charge in [0.1, 0.15) is 0 Å². The van der Waals surface area contributed by atoms with Crippen LogP contribution in [0.4, 0.5) is 0 Å². The fourth-order valence-electron chi connectivity index (χ4n) is 4.08. The molecule has 2 aliphatic heterocycles. The Labute approximate surface area is 210 Å². The molecule has 182 valence electrons. The predicted octanol–water partition coefficient (Wildman–Crippen LogP) is 4.23. The smallest absolute Gasteiger partial charge is 0.193 e. The van der Waals surface area contributed by atoms with Crippen molar-refractivity contribution in [1.82, 2.24) is 10.2 Å². The molecule has 0 amide bonds. The Morgan fingerprint density at radius 3 is 2.66 bits per heavy atom. The molecule has 0 aromatic heterocycles. The highest BCUT2D eigenvalue weighted by Crippen LogP contribution is 2.28. The maximum absolute atomic E-state index is 6.14. The van der Waals surface area contributed by atoms with Gasteiger partial charge in [-0.05, 0) is 56.2 Å². The molecule has 0 bridgehead atoms. The Morgan fingerprint density at radius 1 is 1.19 bits per heavy atom. The number of hydrogen-bond acceptors (Lipinski definition) is 5. The van der Waals surface area contributed by atoms with E-state index in [2.05, 4.69) is 28.2 Å². The zero-order chi connectivity index (χ0) is 21.9. The highest BCUT2D eigenvalue weighted by atomic mass is 127. The van der Waals surface area contributed by atoms with Crippen LogP contribution in [0.25, 0.3) is 0 Å². The Morgan fingerprint density at radius 2 is 2.00 bits per heavy atom. The second kappa shape index (κ2) is 14.8. The van der Waals surface area contributed by atoms with E-state index in [4.69, 9.17) is 18.9 Å². The van der Waals surface area contributed by atoms with E-state index < -0.39 is 0 Å². The number of guanidine groups is 1. The lowest BCUT2D eigenvalue weighted by molar-refractivity contribution is -0.0721. The molecule has 1 unspecified atom stereocenters. The summed E-state index contributed by atoms with van der Waals surface area (Å²) in [6, 6.07) is 6.08. The summed E-state index contributed by atoms with van der Waals surface area (Å²) in [7, 11) is 3.52. The fourth-order valence-corrected chi connectivity index (χ4v) is 4.08. The molecule has 2 aliphatic rings. The molecule has 0 saturated carbocycles. The van der Waals surface area contributed by atoms with Gasteiger partial charge in [-0.2, -0.15) is 0 Å². The predicted molar refractivity (Wildman–Crippen MR) is 139 cm³/mol. The van der Waals surface area contributed by atoms with Crippen LogP contribution in [0, 0.1) is 0 Å². The maximum Gasteiger partial charge on any atom is 0.193 e. The summed E-state index contributed by atoms with van der Waals surface area (Å²) >= 11 is 0. The minimum absolute atomic E-state index is 0. The molecule has 2 heterocycles. The van der Waals surface area contributed by atoms with Crippen LogP contribution in [-0.2, 0) is 16.0 Å². The van der Waals surface area contributed by atoms with Gasteiger partial charge in [-0.1, -0.05) is 13.0 Å². The van der Waals surface area contributed by atoms with Crippen molar-refractivity contribution < 1.29 is 18.9 Å². The summed E-state index contributed by atoms with van der Waals surface area (Å²) in [5, 5.41) is 3.49. The third kappa shape index (κ3) is 8.26. The van der Waals surface area contributed by atoms with Gasteiger partial charge in [0.2, 0.25) is 0 Å². The molecular weight excluding hydrogens is 521 g/mol. The van der Waals surface area contributed by atoms with Crippen LogP contribution in [0.5, 0.6) is 11.5 Å². The zero-order valence-corrected chi connectivity index (χ0v) is 22.1. The Balaban J connectivity index is 0.00000363. The molecule has 0 aliphatic carbocycles. The summed E-state index contributed by atoms with van der Waals surface area (Å²) in [4.78, 5) is 6.80. The summed E-state index contributed by atoms with van der Waals surface area (Å²) in [6.07, 6.45) is 7.19. The largest absolute Gasteiger partial charge is 0.493 e. The van der Waals surface area contributed by atoms with Crippen LogP contribution in [0.15, 0.2) is 23.2 Å². The average Bonchev–Trinajstić information content (AvgIpc) is 2.83. The molecule has 0 radical (unpaired) electrons. The van der Waals surface area contributed by atoms with E-state index >= 15 is 0 Å². The molecule has 3 rings (SSSR count). The first-order valence-corrected chi connectivity index (χ1v) is 11.7.